The van der Waals surface area contributed by atoms with Gasteiger partial charge in [0.25, 0.3) is 23.6 Å². The number of carbonyl (C=O) groups excluding carboxylic acids is 5. The van der Waals surface area contributed by atoms with E-state index in [-0.39, 0.29) is 48.9 Å². The standard InChI is InChI=1S/C33H20N2O6.C29H25NO4.2CH4/c1-20-18-28(36)34(31(20)38)26-14-8-22(9-15-26)6-12-24-4-3-5-25(30(24)33(40)41)13-7-23-10-16-27(17-11-23)35-29(37)19-21(2)32(35)39;1-20-8-10-21(11-9-20)12-16-23-6-5-7-24(26(23)27(31)32)17-13-22-14-18-25(19-15-22)30-28(33)34-29(2,3)4;;/h3-5,8-11,14-19H,1-2H3,(H,40,41);5-11,14-15,18-19H,1-4H3,(H,30,33)(H,31,32);2*1H4. The van der Waals surface area contributed by atoms with E-state index in [2.05, 4.69) is 52.7 Å². The van der Waals surface area contributed by atoms with Crippen molar-refractivity contribution < 1.29 is 48.5 Å². The van der Waals surface area contributed by atoms with Crippen molar-refractivity contribution in [3.05, 3.63) is 218 Å². The molecule has 0 unspecified atom stereocenters. The van der Waals surface area contributed by atoms with Gasteiger partial charge in [-0.25, -0.2) is 24.2 Å². The fraction of sp³-hybridized carbons (Fsp3) is 0.141. The number of amides is 5. The second-order valence-corrected chi connectivity index (χ2v) is 17.8. The van der Waals surface area contributed by atoms with Crippen LogP contribution in [-0.2, 0) is 23.9 Å². The Hall–Kier alpha value is -10.5. The molecule has 77 heavy (non-hydrogen) atoms. The number of nitrogens with zero attached hydrogens (tertiary/aromatic N) is 2. The molecule has 2 aliphatic rings. The number of benzene rings is 6. The smallest absolute Gasteiger partial charge is 0.412 e. The van der Waals surface area contributed by atoms with Gasteiger partial charge in [0.15, 0.2) is 0 Å². The fourth-order valence-electron chi connectivity index (χ4n) is 7.29. The number of ether oxygens (including phenoxy) is 1. The van der Waals surface area contributed by atoms with Gasteiger partial charge in [0.2, 0.25) is 0 Å². The molecule has 0 atom stereocenters. The van der Waals surface area contributed by atoms with Crippen LogP contribution in [0.1, 0.15) is 120 Å². The van der Waals surface area contributed by atoms with E-state index in [1.807, 2.05) is 31.2 Å². The van der Waals surface area contributed by atoms with E-state index < -0.39 is 35.4 Å². The zero-order valence-electron chi connectivity index (χ0n) is 41.4. The van der Waals surface area contributed by atoms with Crippen LogP contribution in [0.2, 0.25) is 0 Å². The number of imide groups is 2. The third-order valence-corrected chi connectivity index (χ3v) is 11.0. The van der Waals surface area contributed by atoms with Gasteiger partial charge in [0, 0.05) is 73.5 Å². The van der Waals surface area contributed by atoms with Crippen molar-refractivity contribution in [3.8, 4) is 47.4 Å². The minimum Gasteiger partial charge on any atom is -0.478 e. The van der Waals surface area contributed by atoms with Gasteiger partial charge in [-0.2, -0.15) is 0 Å². The number of carboxylic acid groups (broad SMARTS) is 2. The molecule has 0 spiro atoms. The first-order chi connectivity index (χ1) is 35.7. The van der Waals surface area contributed by atoms with Crippen molar-refractivity contribution in [2.24, 2.45) is 0 Å². The van der Waals surface area contributed by atoms with Gasteiger partial charge < -0.3 is 14.9 Å². The molecule has 6 aromatic carbocycles. The average molecular weight is 1020 g/mol. The van der Waals surface area contributed by atoms with Crippen molar-refractivity contribution in [2.75, 3.05) is 15.1 Å². The molecule has 13 nitrogen and oxygen atoms in total. The largest absolute Gasteiger partial charge is 0.478 e. The molecule has 5 amide bonds. The van der Waals surface area contributed by atoms with E-state index in [9.17, 15) is 43.8 Å². The maximum Gasteiger partial charge on any atom is 0.412 e. The van der Waals surface area contributed by atoms with Gasteiger partial charge in [-0.05, 0) is 151 Å². The molecule has 8 rings (SSSR count). The first-order valence-corrected chi connectivity index (χ1v) is 23.1. The monoisotopic (exact) mass is 1020 g/mol. The van der Waals surface area contributed by atoms with Crippen LogP contribution in [0.4, 0.5) is 21.9 Å². The Morgan fingerprint density at radius 3 is 1.06 bits per heavy atom. The third kappa shape index (κ3) is 14.6. The Kier molecular flexibility index (Phi) is 18.6. The number of aromatic carboxylic acids is 2. The van der Waals surface area contributed by atoms with Crippen LogP contribution in [0, 0.1) is 54.3 Å². The minimum atomic E-state index is -1.19. The molecule has 13 heteroatoms. The first kappa shape index (κ1) is 57.4. The SMILES string of the molecule is C.C.CC1=CC(=O)N(c2ccc(C#Cc3cccc(C#Cc4ccc(N5C(=O)C=C(C)C5=O)cc4)c3C(=O)O)cc2)C1=O.Cc1ccc(C#Cc2cccc(C#Cc3ccc(NC(=O)OC(C)(C)C)cc3)c2C(=O)O)cc1. The van der Waals surface area contributed by atoms with Gasteiger partial charge in [-0.1, -0.05) is 92.0 Å². The van der Waals surface area contributed by atoms with E-state index in [1.165, 1.54) is 12.2 Å². The molecule has 6 aromatic rings. The molecule has 0 fully saturated rings. The summed E-state index contributed by atoms with van der Waals surface area (Å²) in [5.41, 5.74) is 6.59. The number of aryl methyl sites for hydroxylation is 1. The first-order valence-electron chi connectivity index (χ1n) is 23.1. The lowest BCUT2D eigenvalue weighted by atomic mass is 10.0. The van der Waals surface area contributed by atoms with E-state index in [0.717, 1.165) is 20.9 Å². The van der Waals surface area contributed by atoms with Crippen molar-refractivity contribution in [2.45, 2.75) is 62.0 Å². The Labute approximate surface area is 447 Å². The highest BCUT2D eigenvalue weighted by Crippen LogP contribution is 2.25. The average Bonchev–Trinajstić information content (AvgIpc) is 3.80. The summed E-state index contributed by atoms with van der Waals surface area (Å²) in [4.78, 5) is 86.7. The molecular weight excluding hydrogens is 971 g/mol. The zero-order valence-corrected chi connectivity index (χ0v) is 41.4. The lowest BCUT2D eigenvalue weighted by Gasteiger charge is -2.19. The summed E-state index contributed by atoms with van der Waals surface area (Å²) in [6.45, 7) is 10.5. The molecule has 384 valence electrons. The molecule has 0 bridgehead atoms. The van der Waals surface area contributed by atoms with E-state index >= 15 is 0 Å². The summed E-state index contributed by atoms with van der Waals surface area (Å²) in [5, 5.41) is 22.4. The summed E-state index contributed by atoms with van der Waals surface area (Å²) in [7, 11) is 0. The molecule has 2 heterocycles. The predicted molar refractivity (Wildman–Crippen MR) is 297 cm³/mol. The zero-order chi connectivity index (χ0) is 54.0. The minimum absolute atomic E-state index is 0. The molecule has 2 aliphatic heterocycles. The maximum absolute atomic E-state index is 12.2. The molecule has 0 saturated carbocycles. The molecule has 0 saturated heterocycles. The highest BCUT2D eigenvalue weighted by atomic mass is 16.6. The van der Waals surface area contributed by atoms with Crippen LogP contribution in [0.5, 0.6) is 0 Å². The Morgan fingerprint density at radius 2 is 0.779 bits per heavy atom. The maximum atomic E-state index is 12.2. The number of hydrogen-bond donors (Lipinski definition) is 3. The molecule has 0 aliphatic carbocycles. The van der Waals surface area contributed by atoms with Gasteiger partial charge in [0.05, 0.1) is 22.5 Å². The van der Waals surface area contributed by atoms with Crippen LogP contribution in [-0.4, -0.2) is 57.5 Å². The lowest BCUT2D eigenvalue weighted by molar-refractivity contribution is -0.121. The third-order valence-electron chi connectivity index (χ3n) is 11.0. The van der Waals surface area contributed by atoms with Crippen molar-refractivity contribution in [1.29, 1.82) is 0 Å². The normalized spacial score (nSPS) is 12.1. The van der Waals surface area contributed by atoms with Gasteiger partial charge in [0.1, 0.15) is 5.60 Å². The summed E-state index contributed by atoms with van der Waals surface area (Å²) in [6.07, 6.45) is 2.03. The van der Waals surface area contributed by atoms with E-state index in [4.69, 9.17) is 4.74 Å². The van der Waals surface area contributed by atoms with Gasteiger partial charge >= 0.3 is 18.0 Å². The number of anilines is 3. The number of rotatable bonds is 5. The molecule has 0 radical (unpaired) electrons. The second kappa shape index (κ2) is 25.0. The van der Waals surface area contributed by atoms with Crippen molar-refractivity contribution in [3.63, 3.8) is 0 Å². The topological polar surface area (TPSA) is 188 Å². The Bertz CT molecular complexity index is 3540. The van der Waals surface area contributed by atoms with E-state index in [0.29, 0.717) is 56.0 Å². The highest BCUT2D eigenvalue weighted by Gasteiger charge is 2.30. The van der Waals surface area contributed by atoms with Crippen LogP contribution < -0.4 is 15.1 Å². The molecule has 3 N–H and O–H groups in total. The van der Waals surface area contributed by atoms with Crippen LogP contribution in [0.15, 0.2) is 157 Å². The van der Waals surface area contributed by atoms with Crippen molar-refractivity contribution >= 4 is 58.7 Å². The van der Waals surface area contributed by atoms with Crippen LogP contribution >= 0.6 is 0 Å². The molecular formula is C64H53N3O10. The Morgan fingerprint density at radius 1 is 0.468 bits per heavy atom. The van der Waals surface area contributed by atoms with Crippen LogP contribution in [0.25, 0.3) is 0 Å². The molecule has 0 aromatic heterocycles. The lowest BCUT2D eigenvalue weighted by Crippen LogP contribution is -2.30. The van der Waals surface area contributed by atoms with Crippen LogP contribution in [0.3, 0.4) is 0 Å². The number of carbonyl (C=O) groups is 7. The number of carboxylic acids is 2. The second-order valence-electron chi connectivity index (χ2n) is 17.8. The summed E-state index contributed by atoms with van der Waals surface area (Å²) < 4.78 is 5.23. The summed E-state index contributed by atoms with van der Waals surface area (Å²) in [5.74, 6) is 19.7. The van der Waals surface area contributed by atoms with Crippen molar-refractivity contribution in [1.82, 2.24) is 0 Å². The number of hydrogen-bond acceptors (Lipinski definition) is 8. The fourth-order valence-corrected chi connectivity index (χ4v) is 7.29. The summed E-state index contributed by atoms with van der Waals surface area (Å²) >= 11 is 0. The highest BCUT2D eigenvalue weighted by molar-refractivity contribution is 6.31. The Balaban J connectivity index is 0.000000282. The summed E-state index contributed by atoms with van der Waals surface area (Å²) in [6, 6.07) is 37.5. The number of nitrogens with one attached hydrogen (secondary N) is 1. The quantitative estimate of drug-likeness (QED) is 0.111. The van der Waals surface area contributed by atoms with E-state index in [1.54, 1.807) is 144 Å². The predicted octanol–water partition coefficient (Wildman–Crippen LogP) is 10.9. The van der Waals surface area contributed by atoms with Gasteiger partial charge in [-0.3, -0.25) is 24.5 Å². The van der Waals surface area contributed by atoms with Gasteiger partial charge in [-0.15, -0.1) is 0 Å².